The fourth-order valence-corrected chi connectivity index (χ4v) is 4.13. The van der Waals surface area contributed by atoms with Crippen LogP contribution in [-0.2, 0) is 26.5 Å². The molecule has 1 saturated carbocycles. The zero-order valence-electron chi connectivity index (χ0n) is 16.3. The average Bonchev–Trinajstić information content (AvgIpc) is 3.18. The fraction of sp³-hybridized carbons (Fsp3) is 0.706. The van der Waals surface area contributed by atoms with Crippen molar-refractivity contribution in [1.82, 2.24) is 9.55 Å². The van der Waals surface area contributed by atoms with Crippen LogP contribution in [0, 0.1) is 5.92 Å². The van der Waals surface area contributed by atoms with E-state index < -0.39 is 27.6 Å². The number of oxime groups is 1. The third-order valence-electron chi connectivity index (χ3n) is 4.40. The summed E-state index contributed by atoms with van der Waals surface area (Å²) in [4.78, 5) is 22.0. The van der Waals surface area contributed by atoms with Gasteiger partial charge in [-0.1, -0.05) is 12.1 Å². The third kappa shape index (κ3) is 4.26. The number of aromatic nitrogens is 2. The zero-order valence-corrected chi connectivity index (χ0v) is 17.1. The highest BCUT2D eigenvalue weighted by Crippen LogP contribution is 2.39. The van der Waals surface area contributed by atoms with Gasteiger partial charge in [0.1, 0.15) is 5.60 Å². The molecule has 2 heterocycles. The quantitative estimate of drug-likeness (QED) is 0.816. The van der Waals surface area contributed by atoms with Crippen LogP contribution in [0.3, 0.4) is 0 Å². The van der Waals surface area contributed by atoms with Crippen molar-refractivity contribution in [2.24, 2.45) is 18.1 Å². The molecule has 1 aliphatic carbocycles. The van der Waals surface area contributed by atoms with Crippen LogP contribution in [0.2, 0.25) is 0 Å². The molecule has 0 aromatic carbocycles. The van der Waals surface area contributed by atoms with E-state index >= 15 is 0 Å². The maximum absolute atomic E-state index is 12.6. The molecule has 0 bridgehead atoms. The number of rotatable bonds is 5. The number of nitrogens with one attached hydrogen (secondary N) is 1. The lowest BCUT2D eigenvalue weighted by Crippen LogP contribution is -2.28. The Morgan fingerprint density at radius 2 is 2.04 bits per heavy atom. The number of anilines is 1. The Labute approximate surface area is 159 Å². The van der Waals surface area contributed by atoms with Crippen LogP contribution in [0.25, 0.3) is 0 Å². The van der Waals surface area contributed by atoms with Gasteiger partial charge in [0.05, 0.1) is 11.5 Å². The van der Waals surface area contributed by atoms with Crippen LogP contribution in [0.15, 0.2) is 10.2 Å². The minimum atomic E-state index is -3.64. The second kappa shape index (κ2) is 6.81. The van der Waals surface area contributed by atoms with Gasteiger partial charge in [0.2, 0.25) is 0 Å². The highest BCUT2D eigenvalue weighted by atomic mass is 32.2. The molecular weight excluding hydrogens is 372 g/mol. The second-order valence-corrected chi connectivity index (χ2v) is 10.1. The van der Waals surface area contributed by atoms with E-state index in [0.717, 1.165) is 18.6 Å². The number of imidazole rings is 1. The van der Waals surface area contributed by atoms with E-state index in [-0.39, 0.29) is 16.6 Å². The molecule has 2 aliphatic rings. The SMILES string of the molecule is CCS(=O)(=O)c1c(NC(=O)OC(C)(C)C)nc(C2CC(C3CC3)=NO2)n1C. The molecule has 3 rings (SSSR count). The summed E-state index contributed by atoms with van der Waals surface area (Å²) in [5.41, 5.74) is 0.275. The lowest BCUT2D eigenvalue weighted by atomic mass is 10.1. The molecule has 10 heteroatoms. The van der Waals surface area contributed by atoms with Crippen LogP contribution in [0.1, 0.15) is 58.9 Å². The first-order chi connectivity index (χ1) is 12.5. The van der Waals surface area contributed by atoms with Gasteiger partial charge in [-0.05, 0) is 33.6 Å². The summed E-state index contributed by atoms with van der Waals surface area (Å²) in [7, 11) is -2.04. The summed E-state index contributed by atoms with van der Waals surface area (Å²) in [6, 6.07) is 0. The number of amides is 1. The van der Waals surface area contributed by atoms with E-state index in [1.807, 2.05) is 0 Å². The summed E-state index contributed by atoms with van der Waals surface area (Å²) in [6.45, 7) is 6.72. The van der Waals surface area contributed by atoms with E-state index in [1.54, 1.807) is 34.7 Å². The van der Waals surface area contributed by atoms with Crippen LogP contribution >= 0.6 is 0 Å². The molecule has 9 nitrogen and oxygen atoms in total. The topological polar surface area (TPSA) is 112 Å². The molecule has 1 aliphatic heterocycles. The number of hydrogen-bond donors (Lipinski definition) is 1. The predicted octanol–water partition coefficient (Wildman–Crippen LogP) is 2.79. The van der Waals surface area contributed by atoms with Gasteiger partial charge in [-0.3, -0.25) is 5.32 Å². The van der Waals surface area contributed by atoms with E-state index in [4.69, 9.17) is 9.57 Å². The number of carbonyl (C=O) groups excluding carboxylic acids is 1. The molecule has 27 heavy (non-hydrogen) atoms. The fourth-order valence-electron chi connectivity index (χ4n) is 2.95. The number of hydrogen-bond acceptors (Lipinski definition) is 7. The summed E-state index contributed by atoms with van der Waals surface area (Å²) >= 11 is 0. The molecule has 1 aromatic heterocycles. The Bertz CT molecular complexity index is 878. The van der Waals surface area contributed by atoms with Crippen molar-refractivity contribution in [2.75, 3.05) is 11.1 Å². The van der Waals surface area contributed by atoms with Gasteiger partial charge in [-0.15, -0.1) is 0 Å². The second-order valence-electron chi connectivity index (χ2n) is 7.87. The highest BCUT2D eigenvalue weighted by molar-refractivity contribution is 7.91. The first kappa shape index (κ1) is 19.7. The lowest BCUT2D eigenvalue weighted by molar-refractivity contribution is 0.0634. The zero-order chi connectivity index (χ0) is 20.0. The van der Waals surface area contributed by atoms with Crippen LogP contribution in [-0.4, -0.2) is 41.1 Å². The van der Waals surface area contributed by atoms with Crippen molar-refractivity contribution in [3.63, 3.8) is 0 Å². The Morgan fingerprint density at radius 1 is 1.37 bits per heavy atom. The lowest BCUT2D eigenvalue weighted by Gasteiger charge is -2.19. The van der Waals surface area contributed by atoms with E-state index in [1.165, 1.54) is 4.57 Å². The monoisotopic (exact) mass is 398 g/mol. The van der Waals surface area contributed by atoms with Gasteiger partial charge in [0.15, 0.2) is 32.6 Å². The van der Waals surface area contributed by atoms with E-state index in [9.17, 15) is 13.2 Å². The molecule has 0 spiro atoms. The number of sulfone groups is 1. The van der Waals surface area contributed by atoms with Crippen molar-refractivity contribution in [3.05, 3.63) is 5.82 Å². The molecule has 1 unspecified atom stereocenters. The molecule has 1 aromatic rings. The van der Waals surface area contributed by atoms with Gasteiger partial charge in [0.25, 0.3) is 0 Å². The summed E-state index contributed by atoms with van der Waals surface area (Å²) in [5, 5.41) is 6.54. The third-order valence-corrected chi connectivity index (χ3v) is 6.22. The Hall–Kier alpha value is -2.10. The molecule has 0 saturated heterocycles. The minimum absolute atomic E-state index is 0.0490. The molecule has 1 N–H and O–H groups in total. The van der Waals surface area contributed by atoms with Crippen molar-refractivity contribution in [2.45, 2.75) is 63.7 Å². The van der Waals surface area contributed by atoms with Crippen LogP contribution in [0.4, 0.5) is 10.6 Å². The molecule has 1 fully saturated rings. The first-order valence-electron chi connectivity index (χ1n) is 9.03. The highest BCUT2D eigenvalue weighted by Gasteiger charge is 2.38. The maximum atomic E-state index is 12.6. The Balaban J connectivity index is 1.91. The average molecular weight is 398 g/mol. The van der Waals surface area contributed by atoms with Gasteiger partial charge in [-0.25, -0.2) is 18.2 Å². The van der Waals surface area contributed by atoms with Crippen molar-refractivity contribution in [1.29, 1.82) is 0 Å². The smallest absolute Gasteiger partial charge is 0.413 e. The normalized spacial score (nSPS) is 20.2. The van der Waals surface area contributed by atoms with Crippen LogP contribution < -0.4 is 5.32 Å². The van der Waals surface area contributed by atoms with Gasteiger partial charge < -0.3 is 14.1 Å². The van der Waals surface area contributed by atoms with Crippen molar-refractivity contribution < 1.29 is 22.8 Å². The minimum Gasteiger partial charge on any atom is -0.444 e. The largest absolute Gasteiger partial charge is 0.444 e. The Morgan fingerprint density at radius 3 is 2.59 bits per heavy atom. The number of ether oxygens (including phenoxy) is 1. The van der Waals surface area contributed by atoms with Gasteiger partial charge in [0, 0.05) is 19.4 Å². The maximum Gasteiger partial charge on any atom is 0.413 e. The van der Waals surface area contributed by atoms with E-state index in [0.29, 0.717) is 18.2 Å². The van der Waals surface area contributed by atoms with E-state index in [2.05, 4.69) is 15.5 Å². The molecular formula is C17H26N4O5S. The summed E-state index contributed by atoms with van der Waals surface area (Å²) in [6.07, 6.45) is 1.56. The summed E-state index contributed by atoms with van der Waals surface area (Å²) in [5.74, 6) is 0.706. The van der Waals surface area contributed by atoms with Crippen LogP contribution in [0.5, 0.6) is 0 Å². The standard InChI is InChI=1S/C17H26N4O5S/c1-6-27(23,24)15-13(19-16(22)25-17(2,3)4)18-14(21(15)5)12-9-11(20-26-12)10-7-8-10/h10,12H,6-9H2,1-5H3,(H,19,22). The molecule has 1 amide bonds. The van der Waals surface area contributed by atoms with Gasteiger partial charge >= 0.3 is 6.09 Å². The number of nitrogens with zero attached hydrogens (tertiary/aromatic N) is 3. The molecule has 1 atom stereocenters. The van der Waals surface area contributed by atoms with Crippen molar-refractivity contribution in [3.8, 4) is 0 Å². The summed E-state index contributed by atoms with van der Waals surface area (Å²) < 4.78 is 31.9. The predicted molar refractivity (Wildman–Crippen MR) is 99.4 cm³/mol. The first-order valence-corrected chi connectivity index (χ1v) is 10.7. The van der Waals surface area contributed by atoms with Crippen molar-refractivity contribution >= 4 is 27.5 Å². The number of carbonyl (C=O) groups is 1. The Kier molecular flexibility index (Phi) is 4.96. The van der Waals surface area contributed by atoms with Gasteiger partial charge in [-0.2, -0.15) is 0 Å². The molecule has 150 valence electrons. The molecule has 0 radical (unpaired) electrons.